The zero-order valence-corrected chi connectivity index (χ0v) is 13.7. The van der Waals surface area contributed by atoms with E-state index in [0.29, 0.717) is 24.3 Å². The van der Waals surface area contributed by atoms with E-state index in [1.807, 2.05) is 19.2 Å². The third kappa shape index (κ3) is 4.60. The van der Waals surface area contributed by atoms with Crippen molar-refractivity contribution in [3.05, 3.63) is 28.7 Å². The van der Waals surface area contributed by atoms with Crippen LogP contribution >= 0.6 is 11.3 Å². The monoisotopic (exact) mass is 330 g/mol. The molecule has 0 aromatic carbocycles. The summed E-state index contributed by atoms with van der Waals surface area (Å²) in [4.78, 5) is 3.95. The second-order valence-corrected chi connectivity index (χ2v) is 7.77. The van der Waals surface area contributed by atoms with Crippen molar-refractivity contribution in [3.8, 4) is 0 Å². The van der Waals surface area contributed by atoms with Gasteiger partial charge in [0.2, 0.25) is 15.9 Å². The molecule has 0 aliphatic heterocycles. The van der Waals surface area contributed by atoms with Gasteiger partial charge in [0.25, 0.3) is 0 Å². The summed E-state index contributed by atoms with van der Waals surface area (Å²) < 4.78 is 31.8. The van der Waals surface area contributed by atoms with Crippen molar-refractivity contribution in [1.29, 1.82) is 0 Å². The first kappa shape index (κ1) is 16.1. The highest BCUT2D eigenvalue weighted by Crippen LogP contribution is 2.20. The van der Waals surface area contributed by atoms with Crippen molar-refractivity contribution in [1.82, 2.24) is 20.2 Å². The highest BCUT2D eigenvalue weighted by molar-refractivity contribution is 7.91. The van der Waals surface area contributed by atoms with Gasteiger partial charge in [0.1, 0.15) is 4.21 Å². The number of nitrogens with zero attached hydrogens (tertiary/aromatic N) is 2. The maximum atomic E-state index is 12.2. The standard InChI is InChI=1S/C12H18N4O3S2/c1-8(2)13-5-10-4-12(20-7-10)21(17,18)14-6-11-15-9(3)19-16-11/h4,7-8,13-14H,5-6H2,1-3H3. The molecule has 2 aromatic heterocycles. The molecule has 7 nitrogen and oxygen atoms in total. The van der Waals surface area contributed by atoms with Crippen LogP contribution in [-0.2, 0) is 23.1 Å². The van der Waals surface area contributed by atoms with Gasteiger partial charge in [-0.3, -0.25) is 0 Å². The number of aromatic nitrogens is 2. The zero-order valence-electron chi connectivity index (χ0n) is 12.1. The first-order valence-electron chi connectivity index (χ1n) is 6.46. The summed E-state index contributed by atoms with van der Waals surface area (Å²) in [7, 11) is -3.55. The number of nitrogens with one attached hydrogen (secondary N) is 2. The largest absolute Gasteiger partial charge is 0.340 e. The summed E-state index contributed by atoms with van der Waals surface area (Å²) >= 11 is 1.19. The number of aryl methyl sites for hydroxylation is 1. The molecule has 2 aromatic rings. The van der Waals surface area contributed by atoms with Gasteiger partial charge in [-0.25, -0.2) is 13.1 Å². The van der Waals surface area contributed by atoms with E-state index in [2.05, 4.69) is 20.2 Å². The van der Waals surface area contributed by atoms with E-state index in [0.717, 1.165) is 5.56 Å². The Kier molecular flexibility index (Phi) is 5.09. The van der Waals surface area contributed by atoms with E-state index >= 15 is 0 Å². The van der Waals surface area contributed by atoms with Crippen molar-refractivity contribution < 1.29 is 12.9 Å². The van der Waals surface area contributed by atoms with Crippen LogP contribution in [0.5, 0.6) is 0 Å². The molecule has 0 fully saturated rings. The van der Waals surface area contributed by atoms with Crippen molar-refractivity contribution in [2.75, 3.05) is 0 Å². The van der Waals surface area contributed by atoms with Gasteiger partial charge in [-0.1, -0.05) is 19.0 Å². The summed E-state index contributed by atoms with van der Waals surface area (Å²) in [5, 5.41) is 8.73. The Labute approximate surface area is 127 Å². The lowest BCUT2D eigenvalue weighted by atomic mass is 10.3. The summed E-state index contributed by atoms with van der Waals surface area (Å²) in [5.74, 6) is 0.719. The summed E-state index contributed by atoms with van der Waals surface area (Å²) in [5.41, 5.74) is 0.949. The lowest BCUT2D eigenvalue weighted by Gasteiger charge is -2.05. The van der Waals surface area contributed by atoms with Crippen LogP contribution in [0.4, 0.5) is 0 Å². The molecule has 0 aliphatic rings. The van der Waals surface area contributed by atoms with Crippen LogP contribution in [0.25, 0.3) is 0 Å². The Hall–Kier alpha value is -1.29. The van der Waals surface area contributed by atoms with Gasteiger partial charge in [-0.05, 0) is 17.0 Å². The highest BCUT2D eigenvalue weighted by Gasteiger charge is 2.17. The minimum Gasteiger partial charge on any atom is -0.340 e. The van der Waals surface area contributed by atoms with Crippen LogP contribution in [0.3, 0.4) is 0 Å². The maximum absolute atomic E-state index is 12.2. The molecule has 2 rings (SSSR count). The second-order valence-electron chi connectivity index (χ2n) is 4.86. The summed E-state index contributed by atoms with van der Waals surface area (Å²) in [6.45, 7) is 6.39. The molecule has 0 saturated heterocycles. The second kappa shape index (κ2) is 6.65. The lowest BCUT2D eigenvalue weighted by Crippen LogP contribution is -2.23. The molecule has 0 amide bonds. The Morgan fingerprint density at radius 1 is 1.38 bits per heavy atom. The smallest absolute Gasteiger partial charge is 0.250 e. The van der Waals surface area contributed by atoms with Gasteiger partial charge in [0.15, 0.2) is 5.82 Å². The molecule has 0 spiro atoms. The molecule has 0 saturated carbocycles. The molecule has 0 bridgehead atoms. The van der Waals surface area contributed by atoms with Crippen molar-refractivity contribution in [2.24, 2.45) is 0 Å². The quantitative estimate of drug-likeness (QED) is 0.797. The highest BCUT2D eigenvalue weighted by atomic mass is 32.2. The van der Waals surface area contributed by atoms with Gasteiger partial charge in [-0.15, -0.1) is 11.3 Å². The van der Waals surface area contributed by atoms with E-state index in [4.69, 9.17) is 4.52 Å². The van der Waals surface area contributed by atoms with Crippen LogP contribution < -0.4 is 10.0 Å². The zero-order chi connectivity index (χ0) is 15.5. The summed E-state index contributed by atoms with van der Waals surface area (Å²) in [6.07, 6.45) is 0. The predicted molar refractivity (Wildman–Crippen MR) is 79.4 cm³/mol. The summed E-state index contributed by atoms with van der Waals surface area (Å²) in [6, 6.07) is 2.02. The molecule has 0 atom stereocenters. The van der Waals surface area contributed by atoms with Gasteiger partial charge < -0.3 is 9.84 Å². The van der Waals surface area contributed by atoms with Crippen LogP contribution in [0, 0.1) is 6.92 Å². The first-order valence-corrected chi connectivity index (χ1v) is 8.83. The van der Waals surface area contributed by atoms with E-state index in [-0.39, 0.29) is 10.8 Å². The minimum atomic E-state index is -3.55. The number of sulfonamides is 1. The lowest BCUT2D eigenvalue weighted by molar-refractivity contribution is 0.387. The molecule has 116 valence electrons. The molecule has 2 heterocycles. The van der Waals surface area contributed by atoms with Crippen LogP contribution in [0.15, 0.2) is 20.2 Å². The van der Waals surface area contributed by atoms with Gasteiger partial charge in [0.05, 0.1) is 6.54 Å². The van der Waals surface area contributed by atoms with Gasteiger partial charge in [0, 0.05) is 19.5 Å². The number of hydrogen-bond donors (Lipinski definition) is 2. The fourth-order valence-corrected chi connectivity index (χ4v) is 3.79. The van der Waals surface area contributed by atoms with E-state index in [9.17, 15) is 8.42 Å². The molecule has 0 aliphatic carbocycles. The van der Waals surface area contributed by atoms with Crippen molar-refractivity contribution >= 4 is 21.4 Å². The average molecular weight is 330 g/mol. The minimum absolute atomic E-state index is 0.0111. The number of hydrogen-bond acceptors (Lipinski definition) is 7. The van der Waals surface area contributed by atoms with E-state index < -0.39 is 10.0 Å². The average Bonchev–Trinajstić information content (AvgIpc) is 3.03. The number of rotatable bonds is 7. The fourth-order valence-electron chi connectivity index (χ4n) is 1.55. The van der Waals surface area contributed by atoms with Crippen molar-refractivity contribution in [2.45, 2.75) is 44.1 Å². The number of thiophene rings is 1. The third-order valence-corrected chi connectivity index (χ3v) is 5.49. The van der Waals surface area contributed by atoms with Crippen LogP contribution in [0.1, 0.15) is 31.1 Å². The Morgan fingerprint density at radius 2 is 2.14 bits per heavy atom. The Balaban J connectivity index is 1.99. The van der Waals surface area contributed by atoms with Crippen LogP contribution in [-0.4, -0.2) is 24.6 Å². The van der Waals surface area contributed by atoms with E-state index in [1.54, 1.807) is 13.0 Å². The predicted octanol–water partition coefficient (Wildman–Crippen LogP) is 1.42. The SMILES string of the molecule is Cc1nc(CNS(=O)(=O)c2cc(CNC(C)C)cs2)no1. The molecular weight excluding hydrogens is 312 g/mol. The van der Waals surface area contributed by atoms with E-state index in [1.165, 1.54) is 11.3 Å². The normalized spacial score (nSPS) is 12.2. The molecule has 21 heavy (non-hydrogen) atoms. The maximum Gasteiger partial charge on any atom is 0.250 e. The molecular formula is C12H18N4O3S2. The molecule has 9 heteroatoms. The van der Waals surface area contributed by atoms with Gasteiger partial charge in [-0.2, -0.15) is 4.98 Å². The fraction of sp³-hybridized carbons (Fsp3) is 0.500. The Bertz CT molecular complexity index is 691. The molecule has 0 radical (unpaired) electrons. The van der Waals surface area contributed by atoms with Crippen molar-refractivity contribution in [3.63, 3.8) is 0 Å². The molecule has 2 N–H and O–H groups in total. The Morgan fingerprint density at radius 3 is 2.76 bits per heavy atom. The topological polar surface area (TPSA) is 97.1 Å². The van der Waals surface area contributed by atoms with Gasteiger partial charge >= 0.3 is 0 Å². The van der Waals surface area contributed by atoms with Crippen LogP contribution in [0.2, 0.25) is 0 Å². The first-order chi connectivity index (χ1) is 9.87. The molecule has 0 unspecified atom stereocenters. The third-order valence-electron chi connectivity index (χ3n) is 2.60.